The van der Waals surface area contributed by atoms with E-state index in [-0.39, 0.29) is 6.29 Å². The lowest BCUT2D eigenvalue weighted by Crippen LogP contribution is -2.32. The molecule has 1 saturated heterocycles. The number of benzene rings is 2. The Balaban J connectivity index is 1.51. The highest BCUT2D eigenvalue weighted by Crippen LogP contribution is 2.22. The molecule has 0 aliphatic carbocycles. The Morgan fingerprint density at radius 3 is 2.16 bits per heavy atom. The predicted molar refractivity (Wildman–Crippen MR) is 102 cm³/mol. The Bertz CT molecular complexity index is 632. The van der Waals surface area contributed by atoms with Crippen molar-refractivity contribution in [2.75, 3.05) is 13.3 Å². The molecule has 1 unspecified atom stereocenters. The molecular formula is C22H29NO2. The van der Waals surface area contributed by atoms with Gasteiger partial charge in [0.2, 0.25) is 0 Å². The quantitative estimate of drug-likeness (QED) is 0.697. The second-order valence-corrected chi connectivity index (χ2v) is 6.99. The van der Waals surface area contributed by atoms with Crippen LogP contribution >= 0.6 is 0 Å². The van der Waals surface area contributed by atoms with E-state index in [2.05, 4.69) is 55.5 Å². The first-order chi connectivity index (χ1) is 12.2. The molecule has 0 spiro atoms. The Hall–Kier alpha value is -1.68. The Kier molecular flexibility index (Phi) is 6.62. The predicted octanol–water partition coefficient (Wildman–Crippen LogP) is 4.19. The van der Waals surface area contributed by atoms with Crippen molar-refractivity contribution < 1.29 is 9.47 Å². The van der Waals surface area contributed by atoms with Gasteiger partial charge in [0.05, 0.1) is 0 Å². The summed E-state index contributed by atoms with van der Waals surface area (Å²) in [5, 5.41) is 0. The molecule has 25 heavy (non-hydrogen) atoms. The molecule has 1 aliphatic rings. The Labute approximate surface area is 151 Å². The third-order valence-corrected chi connectivity index (χ3v) is 4.94. The number of aryl methyl sites for hydroxylation is 1. The fraction of sp³-hybridized carbons (Fsp3) is 0.455. The van der Waals surface area contributed by atoms with Crippen LogP contribution in [0, 0.1) is 0 Å². The highest BCUT2D eigenvalue weighted by atomic mass is 16.8. The SMILES string of the molecule is CC(Cc1ccc(CC2OCO2)cc1)c1ccc(CCCCN)cc1. The average Bonchev–Trinajstić information content (AvgIpc) is 2.60. The van der Waals surface area contributed by atoms with E-state index in [9.17, 15) is 0 Å². The molecule has 1 heterocycles. The second kappa shape index (κ2) is 9.14. The van der Waals surface area contributed by atoms with Crippen LogP contribution in [-0.4, -0.2) is 19.6 Å². The van der Waals surface area contributed by atoms with Crippen molar-refractivity contribution in [1.82, 2.24) is 0 Å². The Morgan fingerprint density at radius 2 is 1.56 bits per heavy atom. The first-order valence-corrected chi connectivity index (χ1v) is 9.34. The minimum Gasteiger partial charge on any atom is -0.330 e. The molecule has 2 aromatic rings. The number of nitrogens with two attached hydrogens (primary N) is 1. The largest absolute Gasteiger partial charge is 0.330 e. The summed E-state index contributed by atoms with van der Waals surface area (Å²) in [5.74, 6) is 0.516. The molecule has 1 atom stereocenters. The van der Waals surface area contributed by atoms with Crippen molar-refractivity contribution in [2.45, 2.75) is 51.2 Å². The molecule has 3 nitrogen and oxygen atoms in total. The van der Waals surface area contributed by atoms with Crippen molar-refractivity contribution in [3.8, 4) is 0 Å². The van der Waals surface area contributed by atoms with Gasteiger partial charge in [0, 0.05) is 6.42 Å². The summed E-state index contributed by atoms with van der Waals surface area (Å²) in [4.78, 5) is 0. The summed E-state index contributed by atoms with van der Waals surface area (Å²) < 4.78 is 10.6. The molecule has 0 saturated carbocycles. The van der Waals surface area contributed by atoms with E-state index in [1.165, 1.54) is 28.7 Å². The fourth-order valence-corrected chi connectivity index (χ4v) is 3.24. The monoisotopic (exact) mass is 339 g/mol. The van der Waals surface area contributed by atoms with E-state index in [1.54, 1.807) is 0 Å². The zero-order valence-electron chi connectivity index (χ0n) is 15.1. The highest BCUT2D eigenvalue weighted by molar-refractivity contribution is 5.29. The molecule has 134 valence electrons. The number of rotatable bonds is 9. The van der Waals surface area contributed by atoms with Gasteiger partial charge in [-0.15, -0.1) is 0 Å². The van der Waals surface area contributed by atoms with Crippen LogP contribution in [-0.2, 0) is 28.7 Å². The summed E-state index contributed by atoms with van der Waals surface area (Å²) in [7, 11) is 0. The minimum absolute atomic E-state index is 0.0480. The molecule has 1 aliphatic heterocycles. The fourth-order valence-electron chi connectivity index (χ4n) is 3.24. The highest BCUT2D eigenvalue weighted by Gasteiger charge is 2.18. The lowest BCUT2D eigenvalue weighted by Gasteiger charge is -2.26. The molecule has 2 aromatic carbocycles. The van der Waals surface area contributed by atoms with Gasteiger partial charge in [-0.3, -0.25) is 0 Å². The topological polar surface area (TPSA) is 44.5 Å². The first kappa shape index (κ1) is 18.1. The van der Waals surface area contributed by atoms with E-state index in [0.717, 1.165) is 32.2 Å². The number of hydrogen-bond donors (Lipinski definition) is 1. The van der Waals surface area contributed by atoms with Gasteiger partial charge in [-0.25, -0.2) is 0 Å². The lowest BCUT2D eigenvalue weighted by molar-refractivity contribution is -0.318. The van der Waals surface area contributed by atoms with Crippen LogP contribution in [0.1, 0.15) is 47.9 Å². The standard InChI is InChI=1S/C22H29NO2/c1-17(21-11-9-18(10-12-21)4-2-3-13-23)14-19-5-7-20(8-6-19)15-22-24-16-25-22/h5-12,17,22H,2-4,13-16,23H2,1H3. The van der Waals surface area contributed by atoms with Gasteiger partial charge >= 0.3 is 0 Å². The van der Waals surface area contributed by atoms with Gasteiger partial charge in [0.1, 0.15) is 0 Å². The molecular weight excluding hydrogens is 310 g/mol. The van der Waals surface area contributed by atoms with Crippen molar-refractivity contribution in [1.29, 1.82) is 0 Å². The zero-order valence-corrected chi connectivity index (χ0v) is 15.1. The van der Waals surface area contributed by atoms with Gasteiger partial charge in [-0.1, -0.05) is 55.5 Å². The molecule has 0 bridgehead atoms. The van der Waals surface area contributed by atoms with E-state index in [0.29, 0.717) is 12.7 Å². The van der Waals surface area contributed by atoms with E-state index in [4.69, 9.17) is 15.2 Å². The van der Waals surface area contributed by atoms with Crippen molar-refractivity contribution in [3.63, 3.8) is 0 Å². The molecule has 0 amide bonds. The molecule has 0 radical (unpaired) electrons. The Morgan fingerprint density at radius 1 is 0.920 bits per heavy atom. The van der Waals surface area contributed by atoms with Crippen LogP contribution in [0.3, 0.4) is 0 Å². The molecule has 0 aromatic heterocycles. The van der Waals surface area contributed by atoms with E-state index < -0.39 is 0 Å². The lowest BCUT2D eigenvalue weighted by atomic mass is 9.92. The van der Waals surface area contributed by atoms with Gasteiger partial charge in [-0.05, 0) is 60.4 Å². The maximum atomic E-state index is 5.56. The molecule has 1 fully saturated rings. The molecule has 2 N–H and O–H groups in total. The van der Waals surface area contributed by atoms with Crippen LogP contribution in [0.2, 0.25) is 0 Å². The van der Waals surface area contributed by atoms with E-state index in [1.807, 2.05) is 0 Å². The van der Waals surface area contributed by atoms with Crippen molar-refractivity contribution >= 4 is 0 Å². The van der Waals surface area contributed by atoms with E-state index >= 15 is 0 Å². The maximum absolute atomic E-state index is 5.56. The second-order valence-electron chi connectivity index (χ2n) is 6.99. The normalized spacial score (nSPS) is 15.8. The van der Waals surface area contributed by atoms with Crippen LogP contribution in [0.5, 0.6) is 0 Å². The van der Waals surface area contributed by atoms with Gasteiger partial charge in [0.25, 0.3) is 0 Å². The zero-order chi connectivity index (χ0) is 17.5. The van der Waals surface area contributed by atoms with Crippen LogP contribution in [0.15, 0.2) is 48.5 Å². The average molecular weight is 339 g/mol. The maximum Gasteiger partial charge on any atom is 0.167 e. The molecule has 3 heteroatoms. The van der Waals surface area contributed by atoms with Crippen LogP contribution in [0.25, 0.3) is 0 Å². The molecule has 3 rings (SSSR count). The summed E-state index contributed by atoms with van der Waals surface area (Å²) in [6.45, 7) is 3.52. The van der Waals surface area contributed by atoms with Crippen molar-refractivity contribution in [3.05, 3.63) is 70.8 Å². The van der Waals surface area contributed by atoms with Crippen molar-refractivity contribution in [2.24, 2.45) is 5.73 Å². The van der Waals surface area contributed by atoms with Gasteiger partial charge in [0.15, 0.2) is 13.1 Å². The minimum atomic E-state index is -0.0480. The van der Waals surface area contributed by atoms with Gasteiger partial charge < -0.3 is 15.2 Å². The summed E-state index contributed by atoms with van der Waals surface area (Å²) >= 11 is 0. The van der Waals surface area contributed by atoms with Crippen LogP contribution in [0.4, 0.5) is 0 Å². The third-order valence-electron chi connectivity index (χ3n) is 4.94. The number of hydrogen-bond acceptors (Lipinski definition) is 3. The smallest absolute Gasteiger partial charge is 0.167 e. The third kappa shape index (κ3) is 5.40. The summed E-state index contributed by atoms with van der Waals surface area (Å²) in [6, 6.07) is 17.9. The number of unbranched alkanes of at least 4 members (excludes halogenated alkanes) is 1. The number of ether oxygens (including phenoxy) is 2. The summed E-state index contributed by atoms with van der Waals surface area (Å²) in [5.41, 5.74) is 11.0. The first-order valence-electron chi connectivity index (χ1n) is 9.34. The van der Waals surface area contributed by atoms with Gasteiger partial charge in [-0.2, -0.15) is 0 Å². The van der Waals surface area contributed by atoms with Crippen LogP contribution < -0.4 is 5.73 Å². The summed E-state index contributed by atoms with van der Waals surface area (Å²) in [6.07, 6.45) is 5.25.